The fourth-order valence-electron chi connectivity index (χ4n) is 1.65. The van der Waals surface area contributed by atoms with E-state index in [1.807, 2.05) is 0 Å². The van der Waals surface area contributed by atoms with Crippen molar-refractivity contribution >= 4 is 0 Å². The number of aryl methyl sites for hydroxylation is 1. The minimum Gasteiger partial charge on any atom is -0.0998 e. The van der Waals surface area contributed by atoms with Crippen molar-refractivity contribution in [3.63, 3.8) is 0 Å². The average Bonchev–Trinajstić information content (AvgIpc) is 2.15. The second-order valence-electron chi connectivity index (χ2n) is 4.33. The first kappa shape index (κ1) is 11.0. The Morgan fingerprint density at radius 2 is 1.86 bits per heavy atom. The third kappa shape index (κ3) is 4.27. The van der Waals surface area contributed by atoms with E-state index >= 15 is 0 Å². The number of rotatable bonds is 5. The first-order valence-electron chi connectivity index (χ1n) is 5.39. The SMILES string of the molecule is C=C(CCc1ccccc1)CC(C)C. The molecule has 0 amide bonds. The molecule has 0 N–H and O–H groups in total. The zero-order chi connectivity index (χ0) is 10.4. The molecule has 0 radical (unpaired) electrons. The van der Waals surface area contributed by atoms with Crippen LogP contribution in [0.2, 0.25) is 0 Å². The van der Waals surface area contributed by atoms with Gasteiger partial charge in [0, 0.05) is 0 Å². The van der Waals surface area contributed by atoms with E-state index < -0.39 is 0 Å². The van der Waals surface area contributed by atoms with Gasteiger partial charge in [-0.2, -0.15) is 0 Å². The van der Waals surface area contributed by atoms with Gasteiger partial charge in [-0.05, 0) is 30.7 Å². The predicted octanol–water partition coefficient (Wildman–Crippen LogP) is 4.22. The Balaban J connectivity index is 2.31. The van der Waals surface area contributed by atoms with Gasteiger partial charge in [0.25, 0.3) is 0 Å². The van der Waals surface area contributed by atoms with Crippen molar-refractivity contribution in [1.29, 1.82) is 0 Å². The highest BCUT2D eigenvalue weighted by Gasteiger charge is 1.99. The van der Waals surface area contributed by atoms with E-state index in [-0.39, 0.29) is 0 Å². The van der Waals surface area contributed by atoms with Gasteiger partial charge in [0.2, 0.25) is 0 Å². The van der Waals surface area contributed by atoms with Crippen LogP contribution in [0, 0.1) is 5.92 Å². The fraction of sp³-hybridized carbons (Fsp3) is 0.429. The Morgan fingerprint density at radius 3 is 2.43 bits per heavy atom. The maximum absolute atomic E-state index is 4.11. The van der Waals surface area contributed by atoms with Crippen molar-refractivity contribution in [1.82, 2.24) is 0 Å². The Labute approximate surface area is 87.7 Å². The fourth-order valence-corrected chi connectivity index (χ4v) is 1.65. The minimum atomic E-state index is 0.735. The molecule has 1 rings (SSSR count). The van der Waals surface area contributed by atoms with Crippen LogP contribution in [0.1, 0.15) is 32.3 Å². The van der Waals surface area contributed by atoms with Gasteiger partial charge in [0.1, 0.15) is 0 Å². The first-order chi connectivity index (χ1) is 6.68. The van der Waals surface area contributed by atoms with Gasteiger partial charge in [-0.3, -0.25) is 0 Å². The molecule has 14 heavy (non-hydrogen) atoms. The van der Waals surface area contributed by atoms with Crippen LogP contribution in [0.5, 0.6) is 0 Å². The molecule has 0 fully saturated rings. The average molecular weight is 188 g/mol. The maximum Gasteiger partial charge on any atom is -0.0242 e. The van der Waals surface area contributed by atoms with Crippen molar-refractivity contribution in [2.45, 2.75) is 33.1 Å². The standard InChI is InChI=1S/C14H20/c1-12(2)11-13(3)9-10-14-7-5-4-6-8-14/h4-8,12H,3,9-11H2,1-2H3. The Bertz CT molecular complexity index is 269. The van der Waals surface area contributed by atoms with Gasteiger partial charge in [0.15, 0.2) is 0 Å². The molecule has 0 unspecified atom stereocenters. The number of hydrogen-bond acceptors (Lipinski definition) is 0. The first-order valence-corrected chi connectivity index (χ1v) is 5.39. The molecule has 1 aromatic rings. The highest BCUT2D eigenvalue weighted by atomic mass is 14.0. The minimum absolute atomic E-state index is 0.735. The van der Waals surface area contributed by atoms with Gasteiger partial charge >= 0.3 is 0 Å². The van der Waals surface area contributed by atoms with E-state index in [1.165, 1.54) is 11.1 Å². The molecule has 0 aromatic heterocycles. The lowest BCUT2D eigenvalue weighted by Gasteiger charge is -2.08. The van der Waals surface area contributed by atoms with Crippen LogP contribution < -0.4 is 0 Å². The van der Waals surface area contributed by atoms with E-state index in [1.54, 1.807) is 0 Å². The third-order valence-electron chi connectivity index (χ3n) is 2.31. The Morgan fingerprint density at radius 1 is 1.21 bits per heavy atom. The molecule has 0 bridgehead atoms. The molecular formula is C14H20. The second kappa shape index (κ2) is 5.64. The summed E-state index contributed by atoms with van der Waals surface area (Å²) in [6.45, 7) is 8.60. The predicted molar refractivity (Wildman–Crippen MR) is 63.4 cm³/mol. The molecule has 0 atom stereocenters. The molecule has 0 aliphatic heterocycles. The molecule has 0 aliphatic rings. The van der Waals surface area contributed by atoms with Crippen molar-refractivity contribution in [2.75, 3.05) is 0 Å². The van der Waals surface area contributed by atoms with Gasteiger partial charge in [-0.15, -0.1) is 0 Å². The summed E-state index contributed by atoms with van der Waals surface area (Å²) in [5, 5.41) is 0. The molecule has 0 heteroatoms. The van der Waals surface area contributed by atoms with E-state index in [0.29, 0.717) is 0 Å². The molecular weight excluding hydrogens is 168 g/mol. The van der Waals surface area contributed by atoms with Crippen molar-refractivity contribution in [3.8, 4) is 0 Å². The van der Waals surface area contributed by atoms with Crippen molar-refractivity contribution < 1.29 is 0 Å². The van der Waals surface area contributed by atoms with Crippen LogP contribution in [0.3, 0.4) is 0 Å². The summed E-state index contributed by atoms with van der Waals surface area (Å²) in [7, 11) is 0. The second-order valence-corrected chi connectivity index (χ2v) is 4.33. The lowest BCUT2D eigenvalue weighted by molar-refractivity contribution is 0.625. The van der Waals surface area contributed by atoms with Gasteiger partial charge in [-0.25, -0.2) is 0 Å². The zero-order valence-electron chi connectivity index (χ0n) is 9.29. The highest BCUT2D eigenvalue weighted by Crippen LogP contribution is 2.14. The van der Waals surface area contributed by atoms with Crippen molar-refractivity contribution in [2.24, 2.45) is 5.92 Å². The topological polar surface area (TPSA) is 0 Å². The van der Waals surface area contributed by atoms with Crippen molar-refractivity contribution in [3.05, 3.63) is 48.0 Å². The molecule has 0 nitrogen and oxygen atoms in total. The van der Waals surface area contributed by atoms with Crippen LogP contribution in [0.25, 0.3) is 0 Å². The monoisotopic (exact) mass is 188 g/mol. The summed E-state index contributed by atoms with van der Waals surface area (Å²) in [6.07, 6.45) is 3.42. The molecule has 1 aromatic carbocycles. The lowest BCUT2D eigenvalue weighted by atomic mass is 9.98. The molecule has 76 valence electrons. The molecule has 0 heterocycles. The number of benzene rings is 1. The lowest BCUT2D eigenvalue weighted by Crippen LogP contribution is -1.93. The van der Waals surface area contributed by atoms with Crippen LogP contribution in [0.4, 0.5) is 0 Å². The Kier molecular flexibility index (Phi) is 4.45. The number of hydrogen-bond donors (Lipinski definition) is 0. The van der Waals surface area contributed by atoms with Gasteiger partial charge in [0.05, 0.1) is 0 Å². The van der Waals surface area contributed by atoms with E-state index in [2.05, 4.69) is 50.8 Å². The molecule has 0 aliphatic carbocycles. The summed E-state index contributed by atoms with van der Waals surface area (Å²) >= 11 is 0. The van der Waals surface area contributed by atoms with Gasteiger partial charge < -0.3 is 0 Å². The van der Waals surface area contributed by atoms with Crippen LogP contribution >= 0.6 is 0 Å². The largest absolute Gasteiger partial charge is 0.0998 e. The summed E-state index contributed by atoms with van der Waals surface area (Å²) in [6, 6.07) is 10.6. The molecule has 0 saturated heterocycles. The van der Waals surface area contributed by atoms with E-state index in [0.717, 1.165) is 25.2 Å². The summed E-state index contributed by atoms with van der Waals surface area (Å²) in [5.41, 5.74) is 2.79. The van der Waals surface area contributed by atoms with Gasteiger partial charge in [-0.1, -0.05) is 56.3 Å². The normalized spacial score (nSPS) is 10.5. The summed E-state index contributed by atoms with van der Waals surface area (Å²) < 4.78 is 0. The number of allylic oxidation sites excluding steroid dienone is 1. The van der Waals surface area contributed by atoms with Crippen LogP contribution in [-0.4, -0.2) is 0 Å². The summed E-state index contributed by atoms with van der Waals surface area (Å²) in [4.78, 5) is 0. The van der Waals surface area contributed by atoms with E-state index in [9.17, 15) is 0 Å². The zero-order valence-corrected chi connectivity index (χ0v) is 9.29. The van der Waals surface area contributed by atoms with E-state index in [4.69, 9.17) is 0 Å². The molecule has 0 saturated carbocycles. The molecule has 0 spiro atoms. The third-order valence-corrected chi connectivity index (χ3v) is 2.31. The summed E-state index contributed by atoms with van der Waals surface area (Å²) in [5.74, 6) is 0.735. The smallest absolute Gasteiger partial charge is 0.0242 e. The highest BCUT2D eigenvalue weighted by molar-refractivity contribution is 5.16. The van der Waals surface area contributed by atoms with Crippen LogP contribution in [0.15, 0.2) is 42.5 Å². The Hall–Kier alpha value is -1.04. The quantitative estimate of drug-likeness (QED) is 0.607. The van der Waals surface area contributed by atoms with Crippen LogP contribution in [-0.2, 0) is 6.42 Å². The maximum atomic E-state index is 4.11.